The van der Waals surface area contributed by atoms with Crippen molar-refractivity contribution in [3.63, 3.8) is 0 Å². The normalized spacial score (nSPS) is 17.7. The molecule has 1 saturated heterocycles. The van der Waals surface area contributed by atoms with Gasteiger partial charge >= 0.3 is 0 Å². The Bertz CT molecular complexity index is 784. The van der Waals surface area contributed by atoms with Crippen LogP contribution in [0.1, 0.15) is 16.7 Å². The Morgan fingerprint density at radius 1 is 1.17 bits per heavy atom. The predicted octanol–water partition coefficient (Wildman–Crippen LogP) is 0.304. The van der Waals surface area contributed by atoms with Gasteiger partial charge in [0.15, 0.2) is 6.54 Å². The highest BCUT2D eigenvalue weighted by Crippen LogP contribution is 2.32. The second-order valence-electron chi connectivity index (χ2n) is 6.49. The van der Waals surface area contributed by atoms with E-state index in [2.05, 4.69) is 40.9 Å². The van der Waals surface area contributed by atoms with Gasteiger partial charge in [-0.15, -0.1) is 0 Å². The quantitative estimate of drug-likeness (QED) is 0.628. The van der Waals surface area contributed by atoms with E-state index in [9.17, 15) is 4.79 Å². The summed E-state index contributed by atoms with van der Waals surface area (Å²) in [6.07, 6.45) is 3.99. The van der Waals surface area contributed by atoms with Crippen LogP contribution in [0.2, 0.25) is 0 Å². The number of benzene rings is 2. The number of hydrogen-bond donors (Lipinski definition) is 2. The fraction of sp³-hybridized carbons (Fsp3) is 0.368. The Hall–Kier alpha value is -2.24. The smallest absolute Gasteiger partial charge is 0.295 e. The van der Waals surface area contributed by atoms with Crippen molar-refractivity contribution in [2.24, 2.45) is 5.10 Å². The van der Waals surface area contributed by atoms with E-state index >= 15 is 0 Å². The Labute approximate surface area is 141 Å². The average Bonchev–Trinajstić information content (AvgIpc) is 3.03. The largest absolute Gasteiger partial charge is 0.370 e. The van der Waals surface area contributed by atoms with Gasteiger partial charge in [-0.25, -0.2) is 5.43 Å². The lowest BCUT2D eigenvalue weighted by atomic mass is 10.0. The number of carbonyl (C=O) groups is 1. The maximum atomic E-state index is 12.0. The Balaban J connectivity index is 1.45. The highest BCUT2D eigenvalue weighted by atomic mass is 16.5. The first kappa shape index (κ1) is 15.3. The Morgan fingerprint density at radius 3 is 2.79 bits per heavy atom. The summed E-state index contributed by atoms with van der Waals surface area (Å²) in [7, 11) is 0. The highest BCUT2D eigenvalue weighted by Gasteiger charge is 2.17. The number of rotatable bonds is 4. The Kier molecular flexibility index (Phi) is 4.28. The molecule has 1 aliphatic heterocycles. The first-order valence-corrected chi connectivity index (χ1v) is 8.58. The molecule has 0 spiro atoms. The molecule has 1 amide bonds. The van der Waals surface area contributed by atoms with E-state index in [1.165, 1.54) is 26.8 Å². The zero-order valence-corrected chi connectivity index (χ0v) is 13.7. The summed E-state index contributed by atoms with van der Waals surface area (Å²) in [5, 5.41) is 6.76. The zero-order valence-electron chi connectivity index (χ0n) is 13.7. The molecule has 1 aliphatic carbocycles. The minimum absolute atomic E-state index is 0.0471. The van der Waals surface area contributed by atoms with E-state index < -0.39 is 0 Å². The van der Waals surface area contributed by atoms with Crippen LogP contribution >= 0.6 is 0 Å². The van der Waals surface area contributed by atoms with Gasteiger partial charge in [-0.05, 0) is 34.7 Å². The van der Waals surface area contributed by atoms with Crippen molar-refractivity contribution in [3.8, 4) is 0 Å². The van der Waals surface area contributed by atoms with Crippen molar-refractivity contribution < 1.29 is 14.4 Å². The molecular formula is C19H22N3O2+. The summed E-state index contributed by atoms with van der Waals surface area (Å²) in [6.45, 7) is 3.67. The third kappa shape index (κ3) is 3.05. The van der Waals surface area contributed by atoms with Gasteiger partial charge < -0.3 is 9.64 Å². The molecule has 2 aliphatic rings. The van der Waals surface area contributed by atoms with Crippen molar-refractivity contribution in [2.75, 3.05) is 32.8 Å². The molecule has 1 heterocycles. The number of carbonyl (C=O) groups excluding carboxylic acids is 1. The SMILES string of the molecule is O=C(C[NH+]1CCOCC1)NN=Cc1ccc2c3c(cccc13)CC2. The number of hydrazone groups is 1. The van der Waals surface area contributed by atoms with Crippen molar-refractivity contribution >= 4 is 22.9 Å². The number of hydrogen-bond acceptors (Lipinski definition) is 3. The maximum Gasteiger partial charge on any atom is 0.295 e. The van der Waals surface area contributed by atoms with Crippen LogP contribution in [0.25, 0.3) is 10.8 Å². The molecule has 5 heteroatoms. The van der Waals surface area contributed by atoms with Gasteiger partial charge in [0, 0.05) is 5.56 Å². The molecular weight excluding hydrogens is 302 g/mol. The maximum absolute atomic E-state index is 12.0. The minimum Gasteiger partial charge on any atom is -0.370 e. The summed E-state index contributed by atoms with van der Waals surface area (Å²) in [4.78, 5) is 13.2. The summed E-state index contributed by atoms with van der Waals surface area (Å²) < 4.78 is 5.30. The van der Waals surface area contributed by atoms with E-state index in [1.54, 1.807) is 6.21 Å². The molecule has 5 nitrogen and oxygen atoms in total. The van der Waals surface area contributed by atoms with Crippen molar-refractivity contribution in [1.82, 2.24) is 5.43 Å². The third-order valence-corrected chi connectivity index (χ3v) is 4.91. The fourth-order valence-electron chi connectivity index (χ4n) is 3.66. The van der Waals surface area contributed by atoms with E-state index in [0.29, 0.717) is 6.54 Å². The van der Waals surface area contributed by atoms with Crippen LogP contribution in [0.4, 0.5) is 0 Å². The summed E-state index contributed by atoms with van der Waals surface area (Å²) >= 11 is 0. The van der Waals surface area contributed by atoms with Crippen molar-refractivity contribution in [2.45, 2.75) is 12.8 Å². The van der Waals surface area contributed by atoms with Gasteiger partial charge in [-0.2, -0.15) is 5.10 Å². The standard InChI is InChI=1S/C19H21N3O2/c23-18(13-22-8-10-24-11-9-22)21-20-12-16-7-6-15-5-4-14-2-1-3-17(16)19(14)15/h1-3,6-7,12H,4-5,8-11,13H2,(H,21,23)/p+1. The van der Waals surface area contributed by atoms with Crippen LogP contribution in [-0.4, -0.2) is 45.0 Å². The lowest BCUT2D eigenvalue weighted by Crippen LogP contribution is -3.15. The summed E-state index contributed by atoms with van der Waals surface area (Å²) in [6, 6.07) is 10.7. The molecule has 24 heavy (non-hydrogen) atoms. The Morgan fingerprint density at radius 2 is 1.96 bits per heavy atom. The number of ether oxygens (including phenoxy) is 1. The first-order chi connectivity index (χ1) is 11.8. The topological polar surface area (TPSA) is 55.1 Å². The van der Waals surface area contributed by atoms with E-state index in [0.717, 1.165) is 44.7 Å². The van der Waals surface area contributed by atoms with Gasteiger partial charge in [-0.1, -0.05) is 30.3 Å². The second-order valence-corrected chi connectivity index (χ2v) is 6.49. The molecule has 0 bridgehead atoms. The van der Waals surface area contributed by atoms with Crippen LogP contribution < -0.4 is 10.3 Å². The lowest BCUT2D eigenvalue weighted by Gasteiger charge is -2.22. The van der Waals surface area contributed by atoms with Crippen LogP contribution in [0.5, 0.6) is 0 Å². The predicted molar refractivity (Wildman–Crippen MR) is 93.5 cm³/mol. The average molecular weight is 324 g/mol. The molecule has 1 fully saturated rings. The van der Waals surface area contributed by atoms with Crippen molar-refractivity contribution in [3.05, 3.63) is 47.0 Å². The van der Waals surface area contributed by atoms with E-state index in [4.69, 9.17) is 4.74 Å². The summed E-state index contributed by atoms with van der Waals surface area (Å²) in [5.74, 6) is -0.0471. The molecule has 4 rings (SSSR count). The van der Waals surface area contributed by atoms with E-state index in [-0.39, 0.29) is 5.91 Å². The number of quaternary nitrogens is 1. The zero-order chi connectivity index (χ0) is 16.4. The molecule has 0 aromatic heterocycles. The molecule has 2 N–H and O–H groups in total. The van der Waals surface area contributed by atoms with Gasteiger partial charge in [-0.3, -0.25) is 4.79 Å². The number of morpholine rings is 1. The molecule has 2 aromatic rings. The van der Waals surface area contributed by atoms with Gasteiger partial charge in [0.2, 0.25) is 0 Å². The van der Waals surface area contributed by atoms with Crippen LogP contribution in [0, 0.1) is 0 Å². The minimum atomic E-state index is -0.0471. The van der Waals surface area contributed by atoms with Gasteiger partial charge in [0.25, 0.3) is 5.91 Å². The molecule has 0 unspecified atom stereocenters. The number of aryl methyl sites for hydroxylation is 2. The first-order valence-electron chi connectivity index (χ1n) is 8.58. The molecule has 0 atom stereocenters. The molecule has 2 aromatic carbocycles. The molecule has 0 radical (unpaired) electrons. The monoisotopic (exact) mass is 324 g/mol. The number of nitrogens with zero attached hydrogens (tertiary/aromatic N) is 1. The number of nitrogens with one attached hydrogen (secondary N) is 2. The molecule has 124 valence electrons. The second kappa shape index (κ2) is 6.71. The fourth-order valence-corrected chi connectivity index (χ4v) is 3.66. The van der Waals surface area contributed by atoms with Gasteiger partial charge in [0.1, 0.15) is 13.1 Å². The molecule has 0 saturated carbocycles. The number of amides is 1. The van der Waals surface area contributed by atoms with Crippen molar-refractivity contribution in [1.29, 1.82) is 0 Å². The lowest BCUT2D eigenvalue weighted by molar-refractivity contribution is -0.900. The van der Waals surface area contributed by atoms with Crippen LogP contribution in [0.3, 0.4) is 0 Å². The van der Waals surface area contributed by atoms with Crippen LogP contribution in [-0.2, 0) is 22.4 Å². The third-order valence-electron chi connectivity index (χ3n) is 4.91. The van der Waals surface area contributed by atoms with Crippen LogP contribution in [0.15, 0.2) is 35.4 Å². The highest BCUT2D eigenvalue weighted by molar-refractivity contribution is 6.03. The summed E-state index contributed by atoms with van der Waals surface area (Å²) in [5.41, 5.74) is 6.54. The van der Waals surface area contributed by atoms with Gasteiger partial charge in [0.05, 0.1) is 19.4 Å². The van der Waals surface area contributed by atoms with E-state index in [1.807, 2.05) is 0 Å².